The molecule has 0 heterocycles. The third kappa shape index (κ3) is 4.17. The molecule has 0 aliphatic heterocycles. The molecule has 1 saturated carbocycles. The van der Waals surface area contributed by atoms with Crippen LogP contribution in [0.1, 0.15) is 31.2 Å². The smallest absolute Gasteiger partial charge is 0.241 e. The molecule has 0 amide bonds. The van der Waals surface area contributed by atoms with Gasteiger partial charge in [0.25, 0.3) is 0 Å². The van der Waals surface area contributed by atoms with E-state index in [9.17, 15) is 13.5 Å². The second-order valence-corrected chi connectivity index (χ2v) is 7.46. The number of aliphatic hydroxyl groups excluding tert-OH is 1. The van der Waals surface area contributed by atoms with E-state index in [0.717, 1.165) is 19.3 Å². The fraction of sp³-hybridized carbons (Fsp3) is 0.500. The van der Waals surface area contributed by atoms with Crippen LogP contribution in [0.25, 0.3) is 0 Å². The molecule has 5 nitrogen and oxygen atoms in total. The molecule has 2 N–H and O–H groups in total. The number of hydrogen-bond donors (Lipinski definition) is 2. The summed E-state index contributed by atoms with van der Waals surface area (Å²) in [6.45, 7) is 0.261. The molecule has 7 heteroatoms. The summed E-state index contributed by atoms with van der Waals surface area (Å²) in [6, 6.07) is 6.00. The molecule has 1 aliphatic rings. The van der Waals surface area contributed by atoms with Crippen molar-refractivity contribution in [2.75, 3.05) is 6.54 Å². The number of sulfonamides is 1. The fourth-order valence-electron chi connectivity index (χ4n) is 2.56. The lowest BCUT2D eigenvalue weighted by atomic mass is 9.87. The van der Waals surface area contributed by atoms with Gasteiger partial charge in [-0.15, -0.1) is 0 Å². The van der Waals surface area contributed by atoms with Gasteiger partial charge < -0.3 is 5.11 Å². The lowest BCUT2D eigenvalue weighted by Gasteiger charge is -2.25. The van der Waals surface area contributed by atoms with Crippen LogP contribution in [0.4, 0.5) is 0 Å². The molecular formula is C14H17ClN2O3S. The summed E-state index contributed by atoms with van der Waals surface area (Å²) in [5.41, 5.74) is 0.0654. The van der Waals surface area contributed by atoms with E-state index in [0.29, 0.717) is 6.42 Å². The molecule has 0 aromatic heterocycles. The maximum Gasteiger partial charge on any atom is 0.241 e. The Kier molecular flexibility index (Phi) is 5.22. The van der Waals surface area contributed by atoms with Crippen molar-refractivity contribution >= 4 is 21.6 Å². The quantitative estimate of drug-likeness (QED) is 0.885. The van der Waals surface area contributed by atoms with Gasteiger partial charge in [0, 0.05) is 11.6 Å². The highest BCUT2D eigenvalue weighted by molar-refractivity contribution is 7.89. The average molecular weight is 329 g/mol. The van der Waals surface area contributed by atoms with Gasteiger partial charge in [-0.2, -0.15) is 5.26 Å². The van der Waals surface area contributed by atoms with Crippen LogP contribution in [0.5, 0.6) is 0 Å². The van der Waals surface area contributed by atoms with Gasteiger partial charge in [-0.05, 0) is 43.4 Å². The molecule has 0 spiro atoms. The standard InChI is InChI=1S/C14H17ClN2O3S/c15-12-5-4-11(8-16)14(7-12)21(19,20)17-9-10-2-1-3-13(18)6-10/h4-5,7,10,13,17-18H,1-3,6,9H2. The first-order valence-electron chi connectivity index (χ1n) is 6.80. The lowest BCUT2D eigenvalue weighted by molar-refractivity contribution is 0.102. The molecular weight excluding hydrogens is 312 g/mol. The first-order valence-corrected chi connectivity index (χ1v) is 8.66. The largest absolute Gasteiger partial charge is 0.393 e. The van der Waals surface area contributed by atoms with E-state index in [1.807, 2.05) is 6.07 Å². The first-order chi connectivity index (χ1) is 9.92. The van der Waals surface area contributed by atoms with Crippen molar-refractivity contribution in [2.24, 2.45) is 5.92 Å². The van der Waals surface area contributed by atoms with E-state index in [1.165, 1.54) is 18.2 Å². The summed E-state index contributed by atoms with van der Waals surface area (Å²) in [4.78, 5) is -0.103. The Hall–Kier alpha value is -1.13. The van der Waals surface area contributed by atoms with Gasteiger partial charge in [0.15, 0.2) is 0 Å². The van der Waals surface area contributed by atoms with Crippen molar-refractivity contribution in [2.45, 2.75) is 36.7 Å². The fourth-order valence-corrected chi connectivity index (χ4v) is 4.10. The maximum atomic E-state index is 12.3. The minimum absolute atomic E-state index is 0.0654. The van der Waals surface area contributed by atoms with Gasteiger partial charge in [0.1, 0.15) is 11.0 Å². The topological polar surface area (TPSA) is 90.2 Å². The summed E-state index contributed by atoms with van der Waals surface area (Å²) in [7, 11) is -3.78. The zero-order chi connectivity index (χ0) is 15.5. The van der Waals surface area contributed by atoms with Crippen molar-refractivity contribution in [3.8, 4) is 6.07 Å². The molecule has 114 valence electrons. The minimum atomic E-state index is -3.78. The Morgan fingerprint density at radius 1 is 1.43 bits per heavy atom. The van der Waals surface area contributed by atoms with Gasteiger partial charge in [-0.1, -0.05) is 18.0 Å². The van der Waals surface area contributed by atoms with E-state index in [4.69, 9.17) is 16.9 Å². The highest BCUT2D eigenvalue weighted by Gasteiger charge is 2.24. The van der Waals surface area contributed by atoms with Crippen LogP contribution in [0.15, 0.2) is 23.1 Å². The molecule has 0 bridgehead atoms. The van der Waals surface area contributed by atoms with Crippen LogP contribution in [-0.4, -0.2) is 26.2 Å². The third-order valence-electron chi connectivity index (χ3n) is 3.67. The Morgan fingerprint density at radius 3 is 2.86 bits per heavy atom. The monoisotopic (exact) mass is 328 g/mol. The van der Waals surface area contributed by atoms with E-state index >= 15 is 0 Å². The summed E-state index contributed by atoms with van der Waals surface area (Å²) in [5.74, 6) is 0.119. The number of aliphatic hydroxyl groups is 1. The molecule has 0 radical (unpaired) electrons. The Morgan fingerprint density at radius 2 is 2.19 bits per heavy atom. The average Bonchev–Trinajstić information content (AvgIpc) is 2.45. The van der Waals surface area contributed by atoms with E-state index in [1.54, 1.807) is 0 Å². The zero-order valence-corrected chi connectivity index (χ0v) is 13.0. The van der Waals surface area contributed by atoms with Gasteiger partial charge in [-0.25, -0.2) is 13.1 Å². The van der Waals surface area contributed by atoms with Crippen LogP contribution in [0, 0.1) is 17.2 Å². The van der Waals surface area contributed by atoms with Crippen LogP contribution in [0.3, 0.4) is 0 Å². The highest BCUT2D eigenvalue weighted by atomic mass is 35.5. The van der Waals surface area contributed by atoms with E-state index < -0.39 is 10.0 Å². The molecule has 21 heavy (non-hydrogen) atoms. The number of nitrogens with one attached hydrogen (secondary N) is 1. The summed E-state index contributed by atoms with van der Waals surface area (Å²) in [5, 5.41) is 18.9. The summed E-state index contributed by atoms with van der Waals surface area (Å²) in [6.07, 6.45) is 2.81. The number of benzene rings is 1. The summed E-state index contributed by atoms with van der Waals surface area (Å²) >= 11 is 5.81. The van der Waals surface area contributed by atoms with Crippen molar-refractivity contribution in [3.63, 3.8) is 0 Å². The zero-order valence-electron chi connectivity index (χ0n) is 11.4. The van der Waals surface area contributed by atoms with Crippen LogP contribution in [-0.2, 0) is 10.0 Å². The van der Waals surface area contributed by atoms with E-state index in [2.05, 4.69) is 4.72 Å². The predicted molar refractivity (Wildman–Crippen MR) is 79.3 cm³/mol. The number of nitriles is 1. The second kappa shape index (κ2) is 6.75. The summed E-state index contributed by atoms with van der Waals surface area (Å²) < 4.78 is 27.1. The van der Waals surface area contributed by atoms with Crippen LogP contribution in [0.2, 0.25) is 5.02 Å². The number of hydrogen-bond acceptors (Lipinski definition) is 4. The Labute approximate surface area is 129 Å². The number of rotatable bonds is 4. The van der Waals surface area contributed by atoms with Gasteiger partial charge >= 0.3 is 0 Å². The molecule has 1 aromatic carbocycles. The normalized spacial score (nSPS) is 22.7. The number of halogens is 1. The number of nitrogens with zero attached hydrogens (tertiary/aromatic N) is 1. The van der Waals surface area contributed by atoms with Crippen LogP contribution < -0.4 is 4.72 Å². The van der Waals surface area contributed by atoms with Gasteiger partial charge in [0.05, 0.1) is 11.7 Å². The maximum absolute atomic E-state index is 12.3. The molecule has 0 saturated heterocycles. The van der Waals surface area contributed by atoms with Crippen molar-refractivity contribution in [1.82, 2.24) is 4.72 Å². The lowest BCUT2D eigenvalue weighted by Crippen LogP contribution is -2.33. The highest BCUT2D eigenvalue weighted by Crippen LogP contribution is 2.25. The van der Waals surface area contributed by atoms with E-state index in [-0.39, 0.29) is 34.0 Å². The van der Waals surface area contributed by atoms with Crippen LogP contribution >= 0.6 is 11.6 Å². The Balaban J connectivity index is 2.12. The third-order valence-corrected chi connectivity index (χ3v) is 5.37. The van der Waals surface area contributed by atoms with Crippen molar-refractivity contribution in [3.05, 3.63) is 28.8 Å². The second-order valence-electron chi connectivity index (χ2n) is 5.29. The first kappa shape index (κ1) is 16.2. The molecule has 2 rings (SSSR count). The van der Waals surface area contributed by atoms with Gasteiger partial charge in [0.2, 0.25) is 10.0 Å². The molecule has 1 fully saturated rings. The van der Waals surface area contributed by atoms with Crippen molar-refractivity contribution < 1.29 is 13.5 Å². The molecule has 2 unspecified atom stereocenters. The molecule has 2 atom stereocenters. The van der Waals surface area contributed by atoms with Gasteiger partial charge in [-0.3, -0.25) is 0 Å². The minimum Gasteiger partial charge on any atom is -0.393 e. The SMILES string of the molecule is N#Cc1ccc(Cl)cc1S(=O)(=O)NCC1CCCC(O)C1. The predicted octanol–water partition coefficient (Wildman–Crippen LogP) is 2.04. The molecule has 1 aromatic rings. The molecule has 1 aliphatic carbocycles. The Bertz CT molecular complexity index is 655. The van der Waals surface area contributed by atoms with Crippen molar-refractivity contribution in [1.29, 1.82) is 5.26 Å².